The fourth-order valence-corrected chi connectivity index (χ4v) is 4.29. The highest BCUT2D eigenvalue weighted by Gasteiger charge is 2.28. The van der Waals surface area contributed by atoms with E-state index in [1.807, 2.05) is 6.07 Å². The maximum absolute atomic E-state index is 8.94. The van der Waals surface area contributed by atoms with Crippen molar-refractivity contribution in [2.75, 3.05) is 43.4 Å². The molecule has 1 aromatic rings. The molecule has 6 heteroatoms. The van der Waals surface area contributed by atoms with Crippen molar-refractivity contribution < 1.29 is 0 Å². The van der Waals surface area contributed by atoms with Gasteiger partial charge in [-0.05, 0) is 38.0 Å². The quantitative estimate of drug-likeness (QED) is 0.837. The average molecular weight is 355 g/mol. The lowest BCUT2D eigenvalue weighted by atomic mass is 9.71. The Bertz CT molecular complexity index is 722. The Morgan fingerprint density at radius 2 is 2.00 bits per heavy atom. The Hall–Kier alpha value is -2.13. The summed E-state index contributed by atoms with van der Waals surface area (Å²) in [5, 5.41) is 8.94. The highest BCUT2D eigenvalue weighted by Crippen LogP contribution is 2.41. The number of nitrogen functional groups attached to an aromatic ring is 1. The zero-order valence-corrected chi connectivity index (χ0v) is 16.3. The van der Waals surface area contributed by atoms with Crippen LogP contribution in [0.5, 0.6) is 0 Å². The van der Waals surface area contributed by atoms with Crippen molar-refractivity contribution in [2.24, 2.45) is 5.41 Å². The molecule has 2 aliphatic rings. The fraction of sp³-hybridized carbons (Fsp3) is 0.650. The molecule has 0 spiro atoms. The molecule has 0 bridgehead atoms. The van der Waals surface area contributed by atoms with Gasteiger partial charge in [-0.15, -0.1) is 0 Å². The first-order chi connectivity index (χ1) is 12.4. The Kier molecular flexibility index (Phi) is 5.47. The molecule has 0 saturated carbocycles. The van der Waals surface area contributed by atoms with Gasteiger partial charge in [-0.3, -0.25) is 4.90 Å². The summed E-state index contributed by atoms with van der Waals surface area (Å²) in [5.41, 5.74) is 9.80. The van der Waals surface area contributed by atoms with Gasteiger partial charge in [0.15, 0.2) is 0 Å². The average Bonchev–Trinajstić information content (AvgIpc) is 2.61. The Morgan fingerprint density at radius 3 is 2.62 bits per heavy atom. The van der Waals surface area contributed by atoms with Crippen LogP contribution in [0.2, 0.25) is 0 Å². The van der Waals surface area contributed by atoms with E-state index in [0.29, 0.717) is 16.9 Å². The molecule has 0 radical (unpaired) electrons. The first-order valence-electron chi connectivity index (χ1n) is 9.60. The molecule has 1 aromatic heterocycles. The van der Waals surface area contributed by atoms with Crippen molar-refractivity contribution in [1.82, 2.24) is 14.9 Å². The van der Waals surface area contributed by atoms with E-state index in [4.69, 9.17) is 11.0 Å². The summed E-state index contributed by atoms with van der Waals surface area (Å²) in [4.78, 5) is 13.3. The van der Waals surface area contributed by atoms with E-state index >= 15 is 0 Å². The van der Waals surface area contributed by atoms with E-state index in [2.05, 4.69) is 40.5 Å². The first kappa shape index (κ1) is 18.7. The van der Waals surface area contributed by atoms with Gasteiger partial charge in [0.05, 0.1) is 6.20 Å². The van der Waals surface area contributed by atoms with E-state index < -0.39 is 0 Å². The lowest BCUT2D eigenvalue weighted by Gasteiger charge is -2.38. The third kappa shape index (κ3) is 3.99. The molecule has 140 valence electrons. The summed E-state index contributed by atoms with van der Waals surface area (Å²) in [6.45, 7) is 12.1. The molecule has 3 rings (SSSR count). The molecule has 6 nitrogen and oxygen atoms in total. The molecule has 2 heterocycles. The van der Waals surface area contributed by atoms with Crippen LogP contribution in [0.3, 0.4) is 0 Å². The van der Waals surface area contributed by atoms with Crippen molar-refractivity contribution in [3.63, 3.8) is 0 Å². The summed E-state index contributed by atoms with van der Waals surface area (Å²) in [6, 6.07) is 2.01. The number of hydrogen-bond acceptors (Lipinski definition) is 6. The van der Waals surface area contributed by atoms with Crippen molar-refractivity contribution in [2.45, 2.75) is 46.5 Å². The molecule has 0 atom stereocenters. The Labute approximate surface area is 156 Å². The van der Waals surface area contributed by atoms with Crippen LogP contribution in [0.15, 0.2) is 17.3 Å². The van der Waals surface area contributed by atoms with E-state index in [9.17, 15) is 0 Å². The Balaban J connectivity index is 1.54. The van der Waals surface area contributed by atoms with Crippen molar-refractivity contribution >= 4 is 11.8 Å². The zero-order chi connectivity index (χ0) is 18.7. The van der Waals surface area contributed by atoms with E-state index in [1.54, 1.807) is 11.1 Å². The second-order valence-electron chi connectivity index (χ2n) is 8.16. The summed E-state index contributed by atoms with van der Waals surface area (Å²) in [6.07, 6.45) is 6.60. The van der Waals surface area contributed by atoms with Gasteiger partial charge >= 0.3 is 0 Å². The van der Waals surface area contributed by atoms with E-state index in [0.717, 1.165) is 32.7 Å². The van der Waals surface area contributed by atoms with Gasteiger partial charge in [0.1, 0.15) is 17.5 Å². The van der Waals surface area contributed by atoms with Crippen LogP contribution in [0.4, 0.5) is 11.8 Å². The molecule has 1 fully saturated rings. The van der Waals surface area contributed by atoms with Gasteiger partial charge in [-0.25, -0.2) is 4.98 Å². The largest absolute Gasteiger partial charge is 0.382 e. The first-order valence-corrected chi connectivity index (χ1v) is 9.60. The number of aromatic nitrogens is 2. The van der Waals surface area contributed by atoms with Crippen LogP contribution < -0.4 is 10.6 Å². The topological polar surface area (TPSA) is 82.1 Å². The fourth-order valence-electron chi connectivity index (χ4n) is 4.29. The van der Waals surface area contributed by atoms with Crippen LogP contribution in [0, 0.1) is 16.7 Å². The summed E-state index contributed by atoms with van der Waals surface area (Å²) < 4.78 is 0. The summed E-state index contributed by atoms with van der Waals surface area (Å²) in [7, 11) is 0. The predicted molar refractivity (Wildman–Crippen MR) is 105 cm³/mol. The zero-order valence-electron chi connectivity index (χ0n) is 16.3. The van der Waals surface area contributed by atoms with E-state index in [-0.39, 0.29) is 5.82 Å². The minimum Gasteiger partial charge on any atom is -0.382 e. The number of allylic oxidation sites excluding steroid dienone is 1. The molecule has 1 saturated heterocycles. The van der Waals surface area contributed by atoms with Crippen LogP contribution in [0.1, 0.15) is 52.0 Å². The highest BCUT2D eigenvalue weighted by atomic mass is 15.3. The number of nitriles is 1. The monoisotopic (exact) mass is 354 g/mol. The standard InChI is InChI=1S/C20H30N6/c1-15-5-4-7-20(2,3)17(15)6-8-25-9-11-26(12-10-25)19-23-14-16(13-21)18(22)24-19/h14H,4-12H2,1-3H3,(H2,22,23,24). The Morgan fingerprint density at radius 1 is 1.27 bits per heavy atom. The van der Waals surface area contributed by atoms with Gasteiger partial charge in [0.2, 0.25) is 5.95 Å². The third-order valence-electron chi connectivity index (χ3n) is 5.94. The number of hydrogen-bond donors (Lipinski definition) is 1. The second-order valence-corrected chi connectivity index (χ2v) is 8.16. The summed E-state index contributed by atoms with van der Waals surface area (Å²) in [5.74, 6) is 0.898. The predicted octanol–water partition coefficient (Wildman–Crippen LogP) is 2.97. The number of piperazine rings is 1. The van der Waals surface area contributed by atoms with Crippen LogP contribution in [-0.4, -0.2) is 47.6 Å². The third-order valence-corrected chi connectivity index (χ3v) is 5.94. The molecule has 1 aliphatic heterocycles. The molecule has 1 aliphatic carbocycles. The maximum Gasteiger partial charge on any atom is 0.227 e. The molecule has 0 aromatic carbocycles. The smallest absolute Gasteiger partial charge is 0.227 e. The summed E-state index contributed by atoms with van der Waals surface area (Å²) >= 11 is 0. The number of rotatable bonds is 4. The van der Waals surface area contributed by atoms with Crippen LogP contribution >= 0.6 is 0 Å². The highest BCUT2D eigenvalue weighted by molar-refractivity contribution is 5.50. The normalized spacial score (nSPS) is 20.9. The molecule has 0 amide bonds. The van der Waals surface area contributed by atoms with Crippen molar-refractivity contribution in [3.05, 3.63) is 22.9 Å². The molecular formula is C20H30N6. The van der Waals surface area contributed by atoms with Gasteiger partial charge in [0, 0.05) is 32.7 Å². The minimum absolute atomic E-state index is 0.266. The molecule has 26 heavy (non-hydrogen) atoms. The number of nitrogens with two attached hydrogens (primary N) is 1. The minimum atomic E-state index is 0.266. The van der Waals surface area contributed by atoms with Gasteiger partial charge < -0.3 is 10.6 Å². The van der Waals surface area contributed by atoms with Crippen molar-refractivity contribution in [3.8, 4) is 6.07 Å². The number of nitrogens with zero attached hydrogens (tertiary/aromatic N) is 5. The van der Waals surface area contributed by atoms with Crippen LogP contribution in [0.25, 0.3) is 0 Å². The van der Waals surface area contributed by atoms with Crippen molar-refractivity contribution in [1.29, 1.82) is 5.26 Å². The lowest BCUT2D eigenvalue weighted by Crippen LogP contribution is -2.47. The van der Waals surface area contributed by atoms with Gasteiger partial charge in [-0.2, -0.15) is 10.2 Å². The van der Waals surface area contributed by atoms with E-state index in [1.165, 1.54) is 31.9 Å². The van der Waals surface area contributed by atoms with Crippen LogP contribution in [-0.2, 0) is 0 Å². The molecule has 0 unspecified atom stereocenters. The van der Waals surface area contributed by atoms with Gasteiger partial charge in [-0.1, -0.05) is 25.0 Å². The SMILES string of the molecule is CC1=C(CCN2CCN(c3ncc(C#N)c(N)n3)CC2)C(C)(C)CCC1. The lowest BCUT2D eigenvalue weighted by molar-refractivity contribution is 0.248. The molecule has 2 N–H and O–H groups in total. The van der Waals surface area contributed by atoms with Gasteiger partial charge in [0.25, 0.3) is 0 Å². The number of anilines is 2. The molecular weight excluding hydrogens is 324 g/mol. The second kappa shape index (κ2) is 7.63. The maximum atomic E-state index is 8.94.